The zero-order valence-electron chi connectivity index (χ0n) is 9.78. The van der Waals surface area contributed by atoms with Gasteiger partial charge in [-0.05, 0) is 18.4 Å². The summed E-state index contributed by atoms with van der Waals surface area (Å²) < 4.78 is 0. The van der Waals surface area contributed by atoms with E-state index in [0.29, 0.717) is 6.54 Å². The summed E-state index contributed by atoms with van der Waals surface area (Å²) in [6, 6.07) is 10.3. The molecule has 3 nitrogen and oxygen atoms in total. The molecule has 1 aliphatic carbocycles. The third-order valence-electron chi connectivity index (χ3n) is 3.37. The Balaban J connectivity index is 1.97. The van der Waals surface area contributed by atoms with Gasteiger partial charge < -0.3 is 10.4 Å². The Morgan fingerprint density at radius 1 is 1.29 bits per heavy atom. The van der Waals surface area contributed by atoms with Crippen molar-refractivity contribution < 1.29 is 9.90 Å². The van der Waals surface area contributed by atoms with E-state index in [1.54, 1.807) is 0 Å². The smallest absolute Gasteiger partial charge is 0.317 e. The Hall–Kier alpha value is -1.61. The van der Waals surface area contributed by atoms with Gasteiger partial charge >= 0.3 is 5.97 Å². The molecular formula is C14H17NO2. The minimum atomic E-state index is -0.831. The monoisotopic (exact) mass is 231 g/mol. The van der Waals surface area contributed by atoms with Gasteiger partial charge in [0.2, 0.25) is 0 Å². The number of carboxylic acid groups (broad SMARTS) is 1. The average molecular weight is 231 g/mol. The third-order valence-corrected chi connectivity index (χ3v) is 3.37. The Morgan fingerprint density at radius 2 is 1.94 bits per heavy atom. The summed E-state index contributed by atoms with van der Waals surface area (Å²) in [7, 11) is 0. The van der Waals surface area contributed by atoms with Crippen molar-refractivity contribution in [2.75, 3.05) is 13.1 Å². The fourth-order valence-electron chi connectivity index (χ4n) is 2.22. The predicted molar refractivity (Wildman–Crippen MR) is 67.0 cm³/mol. The lowest BCUT2D eigenvalue weighted by Gasteiger charge is -2.19. The number of carbonyl (C=O) groups is 1. The molecule has 1 aromatic rings. The number of hydrogen-bond acceptors (Lipinski definition) is 2. The van der Waals surface area contributed by atoms with Crippen molar-refractivity contribution in [2.45, 2.75) is 18.3 Å². The van der Waals surface area contributed by atoms with Crippen LogP contribution in [0.1, 0.15) is 18.4 Å². The standard InChI is InChI=1S/C14H17NO2/c1-11(9-15-10-13(16)17)14(7-8-14)12-5-3-2-4-6-12/h2-6,15H,1,7-10H2,(H,16,17). The van der Waals surface area contributed by atoms with Crippen LogP contribution in [0.3, 0.4) is 0 Å². The summed E-state index contributed by atoms with van der Waals surface area (Å²) in [6.07, 6.45) is 2.23. The molecule has 1 saturated carbocycles. The summed E-state index contributed by atoms with van der Waals surface area (Å²) in [4.78, 5) is 10.4. The molecule has 1 aromatic carbocycles. The van der Waals surface area contributed by atoms with Crippen molar-refractivity contribution in [3.05, 3.63) is 48.0 Å². The summed E-state index contributed by atoms with van der Waals surface area (Å²) in [6.45, 7) is 4.67. The number of benzene rings is 1. The lowest BCUT2D eigenvalue weighted by Crippen LogP contribution is -2.27. The van der Waals surface area contributed by atoms with E-state index in [1.807, 2.05) is 18.2 Å². The molecule has 0 atom stereocenters. The lowest BCUT2D eigenvalue weighted by atomic mass is 9.88. The van der Waals surface area contributed by atoms with Crippen LogP contribution in [-0.4, -0.2) is 24.2 Å². The highest BCUT2D eigenvalue weighted by Gasteiger charge is 2.45. The molecule has 90 valence electrons. The molecule has 2 N–H and O–H groups in total. The predicted octanol–water partition coefficient (Wildman–Crippen LogP) is 1.95. The van der Waals surface area contributed by atoms with Crippen LogP contribution in [0.2, 0.25) is 0 Å². The maximum absolute atomic E-state index is 10.4. The maximum atomic E-state index is 10.4. The van der Waals surface area contributed by atoms with Crippen molar-refractivity contribution in [1.82, 2.24) is 5.32 Å². The van der Waals surface area contributed by atoms with Crippen molar-refractivity contribution >= 4 is 5.97 Å². The average Bonchev–Trinajstić information content (AvgIpc) is 3.11. The number of rotatable bonds is 6. The molecule has 0 spiro atoms. The zero-order chi connectivity index (χ0) is 12.3. The van der Waals surface area contributed by atoms with E-state index in [1.165, 1.54) is 5.56 Å². The Labute approximate surface area is 101 Å². The topological polar surface area (TPSA) is 49.3 Å². The van der Waals surface area contributed by atoms with E-state index in [4.69, 9.17) is 5.11 Å². The van der Waals surface area contributed by atoms with Crippen molar-refractivity contribution in [1.29, 1.82) is 0 Å². The van der Waals surface area contributed by atoms with E-state index < -0.39 is 5.97 Å². The lowest BCUT2D eigenvalue weighted by molar-refractivity contribution is -0.135. The second-order valence-electron chi connectivity index (χ2n) is 4.55. The van der Waals surface area contributed by atoms with E-state index in [2.05, 4.69) is 24.0 Å². The number of nitrogens with one attached hydrogen (secondary N) is 1. The second-order valence-corrected chi connectivity index (χ2v) is 4.55. The minimum absolute atomic E-state index is 0.0100. The molecular weight excluding hydrogens is 214 g/mol. The van der Waals surface area contributed by atoms with Gasteiger partial charge in [0.1, 0.15) is 0 Å². The van der Waals surface area contributed by atoms with Crippen LogP contribution in [0.15, 0.2) is 42.5 Å². The molecule has 17 heavy (non-hydrogen) atoms. The highest BCUT2D eigenvalue weighted by Crippen LogP contribution is 2.52. The molecule has 0 aromatic heterocycles. The van der Waals surface area contributed by atoms with Crippen LogP contribution in [0.5, 0.6) is 0 Å². The van der Waals surface area contributed by atoms with Gasteiger partial charge in [-0.15, -0.1) is 0 Å². The molecule has 0 heterocycles. The van der Waals surface area contributed by atoms with E-state index in [0.717, 1.165) is 18.4 Å². The SMILES string of the molecule is C=C(CNCC(=O)O)C1(c2ccccc2)CC1. The van der Waals surface area contributed by atoms with Gasteiger partial charge in [-0.2, -0.15) is 0 Å². The van der Waals surface area contributed by atoms with Crippen LogP contribution in [0.25, 0.3) is 0 Å². The van der Waals surface area contributed by atoms with Gasteiger partial charge in [-0.25, -0.2) is 0 Å². The number of carboxylic acids is 1. The molecule has 2 rings (SSSR count). The molecule has 1 fully saturated rings. The van der Waals surface area contributed by atoms with Crippen molar-refractivity contribution in [3.8, 4) is 0 Å². The molecule has 0 saturated heterocycles. The van der Waals surface area contributed by atoms with Gasteiger partial charge in [-0.1, -0.05) is 42.5 Å². The van der Waals surface area contributed by atoms with Gasteiger partial charge in [-0.3, -0.25) is 4.79 Å². The maximum Gasteiger partial charge on any atom is 0.317 e. The Bertz CT molecular complexity index is 421. The Kier molecular flexibility index (Phi) is 3.29. The minimum Gasteiger partial charge on any atom is -0.480 e. The number of hydrogen-bond donors (Lipinski definition) is 2. The third kappa shape index (κ3) is 2.56. The Morgan fingerprint density at radius 3 is 2.47 bits per heavy atom. The van der Waals surface area contributed by atoms with Crippen molar-refractivity contribution in [3.63, 3.8) is 0 Å². The molecule has 3 heteroatoms. The van der Waals surface area contributed by atoms with E-state index in [-0.39, 0.29) is 12.0 Å². The first kappa shape index (κ1) is 11.9. The van der Waals surface area contributed by atoms with Crippen LogP contribution < -0.4 is 5.32 Å². The molecule has 0 amide bonds. The number of aliphatic carboxylic acids is 1. The molecule has 1 aliphatic rings. The first-order chi connectivity index (χ1) is 8.15. The first-order valence-corrected chi connectivity index (χ1v) is 5.81. The quantitative estimate of drug-likeness (QED) is 0.736. The zero-order valence-corrected chi connectivity index (χ0v) is 9.78. The van der Waals surface area contributed by atoms with Crippen LogP contribution in [-0.2, 0) is 10.2 Å². The van der Waals surface area contributed by atoms with Gasteiger partial charge in [0.15, 0.2) is 0 Å². The fourth-order valence-corrected chi connectivity index (χ4v) is 2.22. The second kappa shape index (κ2) is 4.72. The molecule has 0 radical (unpaired) electrons. The molecule has 0 unspecified atom stereocenters. The highest BCUT2D eigenvalue weighted by atomic mass is 16.4. The van der Waals surface area contributed by atoms with Crippen LogP contribution in [0.4, 0.5) is 0 Å². The summed E-state index contributed by atoms with van der Waals surface area (Å²) in [5, 5.41) is 11.5. The normalized spacial score (nSPS) is 16.5. The summed E-state index contributed by atoms with van der Waals surface area (Å²) >= 11 is 0. The van der Waals surface area contributed by atoms with Crippen LogP contribution >= 0.6 is 0 Å². The van der Waals surface area contributed by atoms with Crippen LogP contribution in [0, 0.1) is 0 Å². The fraction of sp³-hybridized carbons (Fsp3) is 0.357. The first-order valence-electron chi connectivity index (χ1n) is 5.81. The summed E-state index contributed by atoms with van der Waals surface area (Å²) in [5.74, 6) is -0.831. The summed E-state index contributed by atoms with van der Waals surface area (Å²) in [5.41, 5.74) is 2.47. The molecule has 0 bridgehead atoms. The highest BCUT2D eigenvalue weighted by molar-refractivity contribution is 5.69. The largest absolute Gasteiger partial charge is 0.480 e. The van der Waals surface area contributed by atoms with Gasteiger partial charge in [0.05, 0.1) is 6.54 Å². The van der Waals surface area contributed by atoms with Crippen molar-refractivity contribution in [2.24, 2.45) is 0 Å². The van der Waals surface area contributed by atoms with E-state index in [9.17, 15) is 4.79 Å². The molecule has 0 aliphatic heterocycles. The van der Waals surface area contributed by atoms with Gasteiger partial charge in [0.25, 0.3) is 0 Å². The van der Waals surface area contributed by atoms with E-state index >= 15 is 0 Å². The van der Waals surface area contributed by atoms with Gasteiger partial charge in [0, 0.05) is 12.0 Å².